The molecular formula is C16H23NO. The van der Waals surface area contributed by atoms with Crippen molar-refractivity contribution in [1.82, 2.24) is 0 Å². The number of carbonyl (C=O) groups excluding carboxylic acids is 1. The normalized spacial score (nSPS) is 23.9. The maximum absolute atomic E-state index is 12.7. The van der Waals surface area contributed by atoms with Gasteiger partial charge in [0.05, 0.1) is 0 Å². The van der Waals surface area contributed by atoms with Crippen molar-refractivity contribution in [3.05, 3.63) is 34.9 Å². The van der Waals surface area contributed by atoms with Gasteiger partial charge in [-0.25, -0.2) is 0 Å². The van der Waals surface area contributed by atoms with E-state index in [9.17, 15) is 4.79 Å². The van der Waals surface area contributed by atoms with Crippen LogP contribution < -0.4 is 5.73 Å². The fourth-order valence-corrected chi connectivity index (χ4v) is 3.04. The van der Waals surface area contributed by atoms with Crippen LogP contribution >= 0.6 is 0 Å². The second-order valence-corrected chi connectivity index (χ2v) is 5.57. The van der Waals surface area contributed by atoms with Crippen LogP contribution in [0.1, 0.15) is 47.2 Å². The average molecular weight is 245 g/mol. The minimum Gasteiger partial charge on any atom is -0.330 e. The maximum atomic E-state index is 12.7. The van der Waals surface area contributed by atoms with Gasteiger partial charge in [-0.15, -0.1) is 0 Å². The summed E-state index contributed by atoms with van der Waals surface area (Å²) in [6.07, 6.45) is 4.50. The first-order chi connectivity index (χ1) is 8.63. The smallest absolute Gasteiger partial charge is 0.166 e. The summed E-state index contributed by atoms with van der Waals surface area (Å²) < 4.78 is 0. The zero-order valence-corrected chi connectivity index (χ0v) is 11.4. The molecule has 1 aliphatic rings. The number of Topliss-reactive ketones (excluding diaryl/α,β-unsaturated/α-hetero) is 1. The van der Waals surface area contributed by atoms with Gasteiger partial charge in [-0.1, -0.05) is 30.5 Å². The molecule has 0 amide bonds. The first kappa shape index (κ1) is 13.3. The Morgan fingerprint density at radius 2 is 2.00 bits per heavy atom. The number of aryl methyl sites for hydroxylation is 2. The Hall–Kier alpha value is -1.15. The summed E-state index contributed by atoms with van der Waals surface area (Å²) in [6, 6.07) is 6.14. The van der Waals surface area contributed by atoms with Crippen LogP contribution in [0, 0.1) is 25.7 Å². The Morgan fingerprint density at radius 1 is 1.28 bits per heavy atom. The van der Waals surface area contributed by atoms with Gasteiger partial charge in [0, 0.05) is 11.5 Å². The summed E-state index contributed by atoms with van der Waals surface area (Å²) in [5.74, 6) is 0.835. The molecule has 1 saturated carbocycles. The molecule has 18 heavy (non-hydrogen) atoms. The average Bonchev–Trinajstić information content (AvgIpc) is 2.40. The Morgan fingerprint density at radius 3 is 2.72 bits per heavy atom. The van der Waals surface area contributed by atoms with Crippen LogP contribution in [0.2, 0.25) is 0 Å². The van der Waals surface area contributed by atoms with Gasteiger partial charge in [0.2, 0.25) is 0 Å². The highest BCUT2D eigenvalue weighted by molar-refractivity contribution is 5.99. The molecule has 1 aromatic rings. The minimum absolute atomic E-state index is 0.143. The van der Waals surface area contributed by atoms with Gasteiger partial charge >= 0.3 is 0 Å². The highest BCUT2D eigenvalue weighted by atomic mass is 16.1. The monoisotopic (exact) mass is 245 g/mol. The van der Waals surface area contributed by atoms with Crippen molar-refractivity contribution < 1.29 is 4.79 Å². The Bertz CT molecular complexity index is 439. The number of nitrogens with two attached hydrogens (primary N) is 1. The molecule has 2 rings (SSSR count). The van der Waals surface area contributed by atoms with Gasteiger partial charge in [0.25, 0.3) is 0 Å². The van der Waals surface area contributed by atoms with Crippen molar-refractivity contribution in [2.75, 3.05) is 6.54 Å². The van der Waals surface area contributed by atoms with E-state index in [2.05, 4.69) is 6.07 Å². The van der Waals surface area contributed by atoms with Crippen LogP contribution in [0.25, 0.3) is 0 Å². The summed E-state index contributed by atoms with van der Waals surface area (Å²) in [4.78, 5) is 12.7. The van der Waals surface area contributed by atoms with E-state index in [1.165, 1.54) is 6.42 Å². The lowest BCUT2D eigenvalue weighted by Gasteiger charge is -2.30. The summed E-state index contributed by atoms with van der Waals surface area (Å²) in [5.41, 5.74) is 8.97. The predicted molar refractivity (Wildman–Crippen MR) is 74.7 cm³/mol. The number of ketones is 1. The lowest BCUT2D eigenvalue weighted by molar-refractivity contribution is 0.0829. The molecule has 0 aliphatic heterocycles. The van der Waals surface area contributed by atoms with Gasteiger partial charge in [-0.05, 0) is 50.8 Å². The van der Waals surface area contributed by atoms with Gasteiger partial charge in [0.1, 0.15) is 0 Å². The molecular weight excluding hydrogens is 222 g/mol. The molecule has 1 fully saturated rings. The van der Waals surface area contributed by atoms with Gasteiger partial charge in [-0.2, -0.15) is 0 Å². The number of hydrogen-bond acceptors (Lipinski definition) is 2. The molecule has 0 radical (unpaired) electrons. The van der Waals surface area contributed by atoms with Crippen molar-refractivity contribution in [2.24, 2.45) is 17.6 Å². The van der Waals surface area contributed by atoms with Crippen molar-refractivity contribution in [3.8, 4) is 0 Å². The largest absolute Gasteiger partial charge is 0.330 e. The predicted octanol–water partition coefficient (Wildman–Crippen LogP) is 3.25. The summed E-state index contributed by atoms with van der Waals surface area (Å²) >= 11 is 0. The van der Waals surface area contributed by atoms with Crippen molar-refractivity contribution in [1.29, 1.82) is 0 Å². The van der Waals surface area contributed by atoms with E-state index in [0.29, 0.717) is 18.2 Å². The van der Waals surface area contributed by atoms with E-state index in [-0.39, 0.29) is 5.92 Å². The van der Waals surface area contributed by atoms with E-state index in [1.54, 1.807) is 0 Å². The number of benzene rings is 1. The van der Waals surface area contributed by atoms with E-state index in [0.717, 1.165) is 36.0 Å². The summed E-state index contributed by atoms with van der Waals surface area (Å²) in [7, 11) is 0. The fourth-order valence-electron chi connectivity index (χ4n) is 3.04. The third-order valence-electron chi connectivity index (χ3n) is 4.21. The van der Waals surface area contributed by atoms with Gasteiger partial charge in [-0.3, -0.25) is 4.79 Å². The lowest BCUT2D eigenvalue weighted by atomic mass is 9.75. The van der Waals surface area contributed by atoms with Crippen LogP contribution in [0.3, 0.4) is 0 Å². The molecule has 0 heterocycles. The minimum atomic E-state index is 0.143. The molecule has 1 aromatic carbocycles. The molecule has 2 heteroatoms. The second kappa shape index (κ2) is 5.66. The van der Waals surface area contributed by atoms with E-state index in [1.807, 2.05) is 26.0 Å². The topological polar surface area (TPSA) is 43.1 Å². The zero-order chi connectivity index (χ0) is 13.1. The molecule has 2 nitrogen and oxygen atoms in total. The Balaban J connectivity index is 2.26. The number of rotatable bonds is 3. The van der Waals surface area contributed by atoms with Crippen molar-refractivity contribution >= 4 is 5.78 Å². The summed E-state index contributed by atoms with van der Waals surface area (Å²) in [6.45, 7) is 4.70. The summed E-state index contributed by atoms with van der Waals surface area (Å²) in [5, 5.41) is 0. The van der Waals surface area contributed by atoms with Crippen molar-refractivity contribution in [3.63, 3.8) is 0 Å². The van der Waals surface area contributed by atoms with E-state index in [4.69, 9.17) is 5.73 Å². The van der Waals surface area contributed by atoms with Crippen LogP contribution in [-0.4, -0.2) is 12.3 Å². The first-order valence-electron chi connectivity index (χ1n) is 6.95. The van der Waals surface area contributed by atoms with Crippen LogP contribution in [-0.2, 0) is 0 Å². The standard InChI is InChI=1S/C16H23NO/c1-11-7-8-12(2)15(9-11)16(18)14-6-4-3-5-13(14)10-17/h7-9,13-14H,3-6,10,17H2,1-2H3. The zero-order valence-electron chi connectivity index (χ0n) is 11.4. The molecule has 0 aromatic heterocycles. The molecule has 2 N–H and O–H groups in total. The Kier molecular flexibility index (Phi) is 4.18. The van der Waals surface area contributed by atoms with Gasteiger partial charge < -0.3 is 5.73 Å². The Labute approximate surface area is 110 Å². The highest BCUT2D eigenvalue weighted by Crippen LogP contribution is 2.32. The molecule has 1 aliphatic carbocycles. The molecule has 2 atom stereocenters. The van der Waals surface area contributed by atoms with Gasteiger partial charge in [0.15, 0.2) is 5.78 Å². The first-order valence-corrected chi connectivity index (χ1v) is 6.95. The molecule has 98 valence electrons. The third kappa shape index (κ3) is 2.64. The van der Waals surface area contributed by atoms with Crippen molar-refractivity contribution in [2.45, 2.75) is 39.5 Å². The fraction of sp³-hybridized carbons (Fsp3) is 0.562. The highest BCUT2D eigenvalue weighted by Gasteiger charge is 2.31. The van der Waals surface area contributed by atoms with Crippen LogP contribution in [0.4, 0.5) is 0 Å². The molecule has 0 bridgehead atoms. The number of hydrogen-bond donors (Lipinski definition) is 1. The van der Waals surface area contributed by atoms with E-state index >= 15 is 0 Å². The van der Waals surface area contributed by atoms with E-state index < -0.39 is 0 Å². The second-order valence-electron chi connectivity index (χ2n) is 5.57. The SMILES string of the molecule is Cc1ccc(C)c(C(=O)C2CCCCC2CN)c1. The molecule has 2 unspecified atom stereocenters. The lowest BCUT2D eigenvalue weighted by Crippen LogP contribution is -2.32. The third-order valence-corrected chi connectivity index (χ3v) is 4.21. The number of carbonyl (C=O) groups is 1. The van der Waals surface area contributed by atoms with Crippen LogP contribution in [0.15, 0.2) is 18.2 Å². The quantitative estimate of drug-likeness (QED) is 0.831. The molecule has 0 saturated heterocycles. The van der Waals surface area contributed by atoms with Crippen LogP contribution in [0.5, 0.6) is 0 Å². The molecule has 0 spiro atoms. The maximum Gasteiger partial charge on any atom is 0.166 e.